The summed E-state index contributed by atoms with van der Waals surface area (Å²) in [6.07, 6.45) is -3.41. The minimum atomic E-state index is -4.67. The third kappa shape index (κ3) is 2.27. The molecule has 0 amide bonds. The molecule has 1 aromatic rings. The van der Waals surface area contributed by atoms with Crippen LogP contribution in [0.3, 0.4) is 0 Å². The van der Waals surface area contributed by atoms with Gasteiger partial charge in [-0.1, -0.05) is 5.16 Å². The topological polar surface area (TPSA) is 85.5 Å². The molecule has 0 aliphatic carbocycles. The largest absolute Gasteiger partial charge is 0.619 e. The van der Waals surface area contributed by atoms with E-state index in [1.54, 1.807) is 0 Å². The first-order chi connectivity index (χ1) is 6.86. The van der Waals surface area contributed by atoms with Gasteiger partial charge in [0.2, 0.25) is 0 Å². The van der Waals surface area contributed by atoms with E-state index in [-0.39, 0.29) is 4.73 Å². The van der Waals surface area contributed by atoms with Crippen molar-refractivity contribution in [3.63, 3.8) is 0 Å². The fourth-order valence-electron chi connectivity index (χ4n) is 0.983. The number of aromatic nitrogens is 1. The van der Waals surface area contributed by atoms with E-state index in [1.807, 2.05) is 0 Å². The van der Waals surface area contributed by atoms with Crippen molar-refractivity contribution in [2.24, 2.45) is 10.9 Å². The fraction of sp³-hybridized carbons (Fsp3) is 0.143. The van der Waals surface area contributed by atoms with Crippen LogP contribution >= 0.6 is 0 Å². The monoisotopic (exact) mass is 221 g/mol. The lowest BCUT2D eigenvalue weighted by Crippen LogP contribution is -2.31. The third-order valence-electron chi connectivity index (χ3n) is 1.62. The highest BCUT2D eigenvalue weighted by molar-refractivity contribution is 5.98. The Balaban J connectivity index is 3.40. The van der Waals surface area contributed by atoms with Crippen LogP contribution < -0.4 is 10.5 Å². The molecule has 1 aromatic heterocycles. The van der Waals surface area contributed by atoms with Crippen molar-refractivity contribution in [1.29, 1.82) is 0 Å². The highest BCUT2D eigenvalue weighted by Crippen LogP contribution is 2.30. The van der Waals surface area contributed by atoms with Gasteiger partial charge in [0.1, 0.15) is 0 Å². The van der Waals surface area contributed by atoms with Crippen molar-refractivity contribution in [3.05, 3.63) is 34.8 Å². The first-order valence-corrected chi connectivity index (χ1v) is 3.64. The molecule has 0 aromatic carbocycles. The Kier molecular flexibility index (Phi) is 2.69. The van der Waals surface area contributed by atoms with E-state index in [1.165, 1.54) is 0 Å². The minimum Gasteiger partial charge on any atom is -0.619 e. The highest BCUT2D eigenvalue weighted by Gasteiger charge is 2.35. The summed E-state index contributed by atoms with van der Waals surface area (Å²) in [7, 11) is 0. The van der Waals surface area contributed by atoms with Crippen LogP contribution in [0.4, 0.5) is 13.2 Å². The SMILES string of the molecule is N/C(=N\O)c1c[n+]([O-])ccc1C(F)(F)F. The van der Waals surface area contributed by atoms with Gasteiger partial charge in [0.25, 0.3) is 0 Å². The van der Waals surface area contributed by atoms with E-state index in [4.69, 9.17) is 10.9 Å². The quantitative estimate of drug-likeness (QED) is 0.180. The maximum atomic E-state index is 12.4. The summed E-state index contributed by atoms with van der Waals surface area (Å²) in [6.45, 7) is 0. The second-order valence-electron chi connectivity index (χ2n) is 2.62. The minimum absolute atomic E-state index is 0.128. The molecule has 1 rings (SSSR count). The van der Waals surface area contributed by atoms with Crippen LogP contribution in [0.2, 0.25) is 0 Å². The summed E-state index contributed by atoms with van der Waals surface area (Å²) < 4.78 is 37.2. The smallest absolute Gasteiger partial charge is 0.417 e. The Labute approximate surface area is 81.8 Å². The van der Waals surface area contributed by atoms with Crippen molar-refractivity contribution in [2.45, 2.75) is 6.18 Å². The van der Waals surface area contributed by atoms with Crippen molar-refractivity contribution < 1.29 is 23.1 Å². The van der Waals surface area contributed by atoms with Gasteiger partial charge >= 0.3 is 6.18 Å². The van der Waals surface area contributed by atoms with Crippen LogP contribution in [0, 0.1) is 5.21 Å². The number of oxime groups is 1. The summed E-state index contributed by atoms with van der Waals surface area (Å²) in [4.78, 5) is 0. The van der Waals surface area contributed by atoms with Gasteiger partial charge in [-0.25, -0.2) is 0 Å². The number of nitrogens with two attached hydrogens (primary N) is 1. The van der Waals surface area contributed by atoms with Gasteiger partial charge in [-0.3, -0.25) is 0 Å². The molecular weight excluding hydrogens is 215 g/mol. The molecule has 0 saturated heterocycles. The first kappa shape index (κ1) is 11.1. The zero-order valence-corrected chi connectivity index (χ0v) is 7.19. The van der Waals surface area contributed by atoms with Crippen molar-refractivity contribution in [2.75, 3.05) is 0 Å². The summed E-state index contributed by atoms with van der Waals surface area (Å²) >= 11 is 0. The maximum Gasteiger partial charge on any atom is 0.417 e. The van der Waals surface area contributed by atoms with Gasteiger partial charge in [-0.05, 0) is 0 Å². The summed E-state index contributed by atoms with van der Waals surface area (Å²) in [5.74, 6) is -0.771. The van der Waals surface area contributed by atoms with Crippen LogP contribution in [0.15, 0.2) is 23.6 Å². The number of rotatable bonds is 1. The summed E-state index contributed by atoms with van der Waals surface area (Å²) in [6, 6.07) is 0.556. The molecule has 3 N–H and O–H groups in total. The molecule has 0 aliphatic rings. The number of pyridine rings is 1. The standard InChI is InChI=1S/C7H6F3N3O2/c8-7(9,10)5-1-2-13(15)3-4(5)6(11)12-14/h1-3,14H,(H2,11,12). The Morgan fingerprint density at radius 1 is 1.53 bits per heavy atom. The molecule has 0 unspecified atom stereocenters. The summed E-state index contributed by atoms with van der Waals surface area (Å²) in [5.41, 5.74) is 3.21. The zero-order chi connectivity index (χ0) is 11.6. The van der Waals surface area contributed by atoms with Gasteiger partial charge in [-0.2, -0.15) is 17.9 Å². The van der Waals surface area contributed by atoms with Crippen molar-refractivity contribution in [3.8, 4) is 0 Å². The van der Waals surface area contributed by atoms with Gasteiger partial charge in [-0.15, -0.1) is 0 Å². The van der Waals surface area contributed by atoms with Crippen LogP contribution in [-0.4, -0.2) is 11.0 Å². The predicted molar refractivity (Wildman–Crippen MR) is 42.9 cm³/mol. The molecule has 0 saturated carbocycles. The van der Waals surface area contributed by atoms with Gasteiger partial charge < -0.3 is 16.1 Å². The van der Waals surface area contributed by atoms with Crippen LogP contribution in [-0.2, 0) is 6.18 Å². The van der Waals surface area contributed by atoms with E-state index in [9.17, 15) is 18.4 Å². The normalized spacial score (nSPS) is 12.9. The third-order valence-corrected chi connectivity index (χ3v) is 1.62. The van der Waals surface area contributed by atoms with E-state index < -0.39 is 23.1 Å². The second kappa shape index (κ2) is 3.64. The Bertz CT molecular complexity index is 403. The molecule has 82 valence electrons. The van der Waals surface area contributed by atoms with Gasteiger partial charge in [0.05, 0.1) is 11.1 Å². The fourth-order valence-corrected chi connectivity index (χ4v) is 0.983. The molecule has 0 fully saturated rings. The van der Waals surface area contributed by atoms with E-state index in [0.29, 0.717) is 18.5 Å². The zero-order valence-electron chi connectivity index (χ0n) is 7.19. The van der Waals surface area contributed by atoms with E-state index in [2.05, 4.69) is 5.16 Å². The maximum absolute atomic E-state index is 12.4. The molecule has 0 atom stereocenters. The number of nitrogens with zero attached hydrogens (tertiary/aromatic N) is 2. The highest BCUT2D eigenvalue weighted by atomic mass is 19.4. The second-order valence-corrected chi connectivity index (χ2v) is 2.62. The van der Waals surface area contributed by atoms with Gasteiger partial charge in [0, 0.05) is 6.07 Å². The molecule has 0 aliphatic heterocycles. The molecule has 5 nitrogen and oxygen atoms in total. The van der Waals surface area contributed by atoms with Gasteiger partial charge in [0.15, 0.2) is 18.2 Å². The molecule has 15 heavy (non-hydrogen) atoms. The first-order valence-electron chi connectivity index (χ1n) is 3.64. The van der Waals surface area contributed by atoms with E-state index in [0.717, 1.165) is 0 Å². The van der Waals surface area contributed by atoms with Crippen LogP contribution in [0.1, 0.15) is 11.1 Å². The lowest BCUT2D eigenvalue weighted by molar-refractivity contribution is -0.605. The Hall–Kier alpha value is -1.99. The Morgan fingerprint density at radius 2 is 2.13 bits per heavy atom. The number of alkyl halides is 3. The average molecular weight is 221 g/mol. The van der Waals surface area contributed by atoms with Crippen molar-refractivity contribution >= 4 is 5.84 Å². The lowest BCUT2D eigenvalue weighted by Gasteiger charge is -2.10. The number of amidine groups is 1. The summed E-state index contributed by atoms with van der Waals surface area (Å²) in [5, 5.41) is 21.4. The number of halogens is 3. The molecule has 1 heterocycles. The number of hydrogen-bond acceptors (Lipinski definition) is 3. The predicted octanol–water partition coefficient (Wildman–Crippen LogP) is 0.433. The van der Waals surface area contributed by atoms with Crippen LogP contribution in [0.5, 0.6) is 0 Å². The molecular formula is C7H6F3N3O2. The van der Waals surface area contributed by atoms with Crippen LogP contribution in [0.25, 0.3) is 0 Å². The molecule has 0 bridgehead atoms. The molecule has 0 spiro atoms. The van der Waals surface area contributed by atoms with E-state index >= 15 is 0 Å². The molecule has 0 radical (unpaired) electrons. The lowest BCUT2D eigenvalue weighted by atomic mass is 10.1. The van der Waals surface area contributed by atoms with Crippen molar-refractivity contribution in [1.82, 2.24) is 0 Å². The average Bonchev–Trinajstić information content (AvgIpc) is 2.14. The Morgan fingerprint density at radius 3 is 2.60 bits per heavy atom. The molecule has 8 heteroatoms. The number of hydrogen-bond donors (Lipinski definition) is 2.